The van der Waals surface area contributed by atoms with E-state index in [1.54, 1.807) is 4.90 Å². The summed E-state index contributed by atoms with van der Waals surface area (Å²) in [5, 5.41) is 5.62. The highest BCUT2D eigenvalue weighted by atomic mass is 16.2. The number of rotatable bonds is 3. The number of hydrogen-bond acceptors (Lipinski definition) is 5. The molecule has 5 amide bonds. The maximum Gasteiger partial charge on any atom is 0.328 e. The Balaban J connectivity index is 1.22. The van der Waals surface area contributed by atoms with Crippen LogP contribution >= 0.6 is 0 Å². The maximum absolute atomic E-state index is 12.6. The van der Waals surface area contributed by atoms with E-state index in [-0.39, 0.29) is 18.0 Å². The molecule has 0 atom stereocenters. The van der Waals surface area contributed by atoms with Crippen molar-refractivity contribution < 1.29 is 14.4 Å². The zero-order valence-corrected chi connectivity index (χ0v) is 18.3. The smallest absolute Gasteiger partial charge is 0.322 e. The Kier molecular flexibility index (Phi) is 7.24. The van der Waals surface area contributed by atoms with Gasteiger partial charge in [-0.1, -0.05) is 17.9 Å². The first-order chi connectivity index (χ1) is 15.6. The largest absolute Gasteiger partial charge is 0.328 e. The fourth-order valence-electron chi connectivity index (χ4n) is 4.16. The molecule has 3 saturated heterocycles. The van der Waals surface area contributed by atoms with Crippen LogP contribution in [0.4, 0.5) is 15.3 Å². The van der Waals surface area contributed by atoms with Crippen molar-refractivity contribution >= 4 is 23.7 Å². The molecular formula is C23H30N6O3. The molecule has 2 N–H and O–H groups in total. The van der Waals surface area contributed by atoms with E-state index in [0.717, 1.165) is 76.6 Å². The number of carbonyl (C=O) groups excluding carboxylic acids is 3. The average Bonchev–Trinajstić information content (AvgIpc) is 2.82. The zero-order valence-electron chi connectivity index (χ0n) is 18.3. The summed E-state index contributed by atoms with van der Waals surface area (Å²) in [6, 6.07) is 7.30. The number of carbonyl (C=O) groups is 3. The van der Waals surface area contributed by atoms with Crippen molar-refractivity contribution in [3.63, 3.8) is 0 Å². The summed E-state index contributed by atoms with van der Waals surface area (Å²) in [7, 11) is 0. The van der Waals surface area contributed by atoms with Gasteiger partial charge >= 0.3 is 12.1 Å². The van der Waals surface area contributed by atoms with E-state index in [1.807, 2.05) is 34.1 Å². The summed E-state index contributed by atoms with van der Waals surface area (Å²) in [6.45, 7) is 7.85. The molecule has 4 rings (SSSR count). The molecule has 9 nitrogen and oxygen atoms in total. The topological polar surface area (TPSA) is 88.2 Å². The first kappa shape index (κ1) is 22.1. The van der Waals surface area contributed by atoms with Crippen molar-refractivity contribution in [2.24, 2.45) is 0 Å². The van der Waals surface area contributed by atoms with Crippen LogP contribution in [0.1, 0.15) is 18.4 Å². The third-order valence-electron chi connectivity index (χ3n) is 6.03. The van der Waals surface area contributed by atoms with Gasteiger partial charge in [-0.2, -0.15) is 0 Å². The first-order valence-corrected chi connectivity index (χ1v) is 11.3. The van der Waals surface area contributed by atoms with Crippen LogP contribution < -0.4 is 15.5 Å². The summed E-state index contributed by atoms with van der Waals surface area (Å²) in [5.74, 6) is 6.16. The van der Waals surface area contributed by atoms with Crippen molar-refractivity contribution in [2.75, 3.05) is 70.3 Å². The number of hydrogen-bond donors (Lipinski definition) is 2. The normalized spacial score (nSPS) is 19.9. The van der Waals surface area contributed by atoms with Crippen molar-refractivity contribution in [1.82, 2.24) is 25.3 Å². The lowest BCUT2D eigenvalue weighted by Gasteiger charge is -2.38. The van der Waals surface area contributed by atoms with E-state index >= 15 is 0 Å². The van der Waals surface area contributed by atoms with Gasteiger partial charge in [0, 0.05) is 89.5 Å². The van der Waals surface area contributed by atoms with Crippen LogP contribution in [0.2, 0.25) is 0 Å². The number of benzene rings is 1. The van der Waals surface area contributed by atoms with Gasteiger partial charge in [0.2, 0.25) is 5.91 Å². The van der Waals surface area contributed by atoms with Gasteiger partial charge in [0.05, 0.1) is 0 Å². The van der Waals surface area contributed by atoms with Crippen molar-refractivity contribution in [2.45, 2.75) is 12.8 Å². The van der Waals surface area contributed by atoms with Crippen LogP contribution in [0.3, 0.4) is 0 Å². The number of anilines is 1. The second-order valence-electron chi connectivity index (χ2n) is 8.21. The minimum absolute atomic E-state index is 0.164. The van der Waals surface area contributed by atoms with E-state index in [9.17, 15) is 14.4 Å². The van der Waals surface area contributed by atoms with Gasteiger partial charge < -0.3 is 15.1 Å². The number of amides is 5. The number of piperazine rings is 2. The third-order valence-corrected chi connectivity index (χ3v) is 6.03. The van der Waals surface area contributed by atoms with Crippen LogP contribution in [-0.2, 0) is 4.79 Å². The SMILES string of the molecule is O=C1CCN(c2cccc(C#CCCN3CCN(C(=O)N4CCNCC4)CC3)c2)C(=O)N1. The molecule has 0 aromatic heterocycles. The third kappa shape index (κ3) is 5.58. The number of imide groups is 1. The Hall–Kier alpha value is -3.09. The zero-order chi connectivity index (χ0) is 22.3. The van der Waals surface area contributed by atoms with Gasteiger partial charge in [0.15, 0.2) is 0 Å². The molecule has 1 aromatic rings. The molecule has 1 aromatic carbocycles. The van der Waals surface area contributed by atoms with Gasteiger partial charge in [-0.05, 0) is 18.2 Å². The van der Waals surface area contributed by atoms with Crippen molar-refractivity contribution in [3.05, 3.63) is 29.8 Å². The van der Waals surface area contributed by atoms with Crippen LogP contribution in [-0.4, -0.2) is 98.1 Å². The van der Waals surface area contributed by atoms with Gasteiger partial charge in [0.1, 0.15) is 0 Å². The Bertz CT molecular complexity index is 910. The van der Waals surface area contributed by atoms with Gasteiger partial charge in [0.25, 0.3) is 0 Å². The highest BCUT2D eigenvalue weighted by Gasteiger charge is 2.26. The van der Waals surface area contributed by atoms with E-state index in [2.05, 4.69) is 27.4 Å². The molecule has 3 fully saturated rings. The molecule has 170 valence electrons. The van der Waals surface area contributed by atoms with E-state index in [4.69, 9.17) is 0 Å². The van der Waals surface area contributed by atoms with Crippen molar-refractivity contribution in [1.29, 1.82) is 0 Å². The Morgan fingerprint density at radius 2 is 1.72 bits per heavy atom. The number of nitrogens with zero attached hydrogens (tertiary/aromatic N) is 4. The van der Waals surface area contributed by atoms with E-state index in [0.29, 0.717) is 13.0 Å². The summed E-state index contributed by atoms with van der Waals surface area (Å²) in [4.78, 5) is 43.8. The molecular weight excluding hydrogens is 408 g/mol. The minimum atomic E-state index is -0.388. The minimum Gasteiger partial charge on any atom is -0.322 e. The molecule has 9 heteroatoms. The predicted octanol–water partition coefficient (Wildman–Crippen LogP) is 0.517. The number of nitrogens with one attached hydrogen (secondary N) is 2. The van der Waals surface area contributed by atoms with Crippen molar-refractivity contribution in [3.8, 4) is 11.8 Å². The van der Waals surface area contributed by atoms with Gasteiger partial charge in [-0.3, -0.25) is 19.9 Å². The second kappa shape index (κ2) is 10.5. The van der Waals surface area contributed by atoms with E-state index < -0.39 is 0 Å². The molecule has 0 spiro atoms. The molecule has 3 heterocycles. The molecule has 0 unspecified atom stereocenters. The van der Waals surface area contributed by atoms with Crippen LogP contribution in [0.5, 0.6) is 0 Å². The lowest BCUT2D eigenvalue weighted by molar-refractivity contribution is -0.120. The lowest BCUT2D eigenvalue weighted by Crippen LogP contribution is -2.56. The van der Waals surface area contributed by atoms with Crippen LogP contribution in [0.15, 0.2) is 24.3 Å². The first-order valence-electron chi connectivity index (χ1n) is 11.3. The fraction of sp³-hybridized carbons (Fsp3) is 0.522. The van der Waals surface area contributed by atoms with Crippen LogP contribution in [0.25, 0.3) is 0 Å². The Morgan fingerprint density at radius 3 is 2.47 bits per heavy atom. The molecule has 0 radical (unpaired) electrons. The summed E-state index contributed by atoms with van der Waals surface area (Å²) in [6.07, 6.45) is 1.05. The lowest BCUT2D eigenvalue weighted by atomic mass is 10.1. The van der Waals surface area contributed by atoms with Crippen LogP contribution in [0, 0.1) is 11.8 Å². The summed E-state index contributed by atoms with van der Waals surface area (Å²) < 4.78 is 0. The molecule has 3 aliphatic rings. The monoisotopic (exact) mass is 438 g/mol. The predicted molar refractivity (Wildman–Crippen MR) is 121 cm³/mol. The molecule has 3 aliphatic heterocycles. The molecule has 32 heavy (non-hydrogen) atoms. The average molecular weight is 439 g/mol. The van der Waals surface area contributed by atoms with Gasteiger partial charge in [-0.25, -0.2) is 9.59 Å². The molecule has 0 bridgehead atoms. The quantitative estimate of drug-likeness (QED) is 0.672. The maximum atomic E-state index is 12.6. The molecule has 0 saturated carbocycles. The Labute approximate surface area is 188 Å². The second-order valence-corrected chi connectivity index (χ2v) is 8.21. The fourth-order valence-corrected chi connectivity index (χ4v) is 4.16. The number of urea groups is 2. The van der Waals surface area contributed by atoms with Gasteiger partial charge in [-0.15, -0.1) is 0 Å². The molecule has 0 aliphatic carbocycles. The highest BCUT2D eigenvalue weighted by Crippen LogP contribution is 2.18. The standard InChI is InChI=1S/C23H30N6O3/c30-21-7-11-29(22(31)25-21)20-6-3-5-19(18-20)4-1-2-10-26-14-16-28(17-15-26)23(32)27-12-8-24-9-13-27/h3,5-6,18,24H,2,7-17H2,(H,25,30,31). The van der Waals surface area contributed by atoms with E-state index in [1.165, 1.54) is 0 Å². The Morgan fingerprint density at radius 1 is 0.969 bits per heavy atom. The highest BCUT2D eigenvalue weighted by molar-refractivity contribution is 6.05. The summed E-state index contributed by atoms with van der Waals surface area (Å²) >= 11 is 0. The summed E-state index contributed by atoms with van der Waals surface area (Å²) in [5.41, 5.74) is 1.59.